The summed E-state index contributed by atoms with van der Waals surface area (Å²) in [5.41, 5.74) is 6.83. The lowest BCUT2D eigenvalue weighted by atomic mass is 10.2. The molecule has 0 spiro atoms. The predicted octanol–water partition coefficient (Wildman–Crippen LogP) is 0.350. The summed E-state index contributed by atoms with van der Waals surface area (Å²) in [5.74, 6) is 0.0992. The first-order valence-electron chi connectivity index (χ1n) is 4.56. The van der Waals surface area contributed by atoms with E-state index in [9.17, 15) is 5.11 Å². The van der Waals surface area contributed by atoms with Crippen molar-refractivity contribution >= 4 is 16.6 Å². The molecule has 1 heterocycles. The fourth-order valence-corrected chi connectivity index (χ4v) is 1.48. The molecule has 5 heteroatoms. The van der Waals surface area contributed by atoms with Crippen molar-refractivity contribution in [3.8, 4) is 5.75 Å². The van der Waals surface area contributed by atoms with Crippen molar-refractivity contribution in [1.29, 1.82) is 0 Å². The van der Waals surface area contributed by atoms with Gasteiger partial charge < -0.3 is 20.8 Å². The van der Waals surface area contributed by atoms with Crippen LogP contribution in [0.5, 0.6) is 5.75 Å². The lowest BCUT2D eigenvalue weighted by molar-refractivity contribution is 0.0826. The Morgan fingerprint density at radius 1 is 1.33 bits per heavy atom. The van der Waals surface area contributed by atoms with Gasteiger partial charge in [-0.05, 0) is 18.2 Å². The number of hydrogen-bond acceptors (Lipinski definition) is 4. The van der Waals surface area contributed by atoms with Crippen LogP contribution in [-0.2, 0) is 0 Å². The number of phenols is 1. The Bertz CT molecular complexity index is 479. The number of nitrogens with zero attached hydrogens (tertiary/aromatic N) is 1. The molecule has 2 rings (SSSR count). The van der Waals surface area contributed by atoms with Gasteiger partial charge in [0.25, 0.3) is 0 Å². The summed E-state index contributed by atoms with van der Waals surface area (Å²) in [5, 5.41) is 19.0. The summed E-state index contributed by atoms with van der Waals surface area (Å²) >= 11 is 0. The summed E-state index contributed by atoms with van der Waals surface area (Å²) in [7, 11) is 0. The number of hydrogen-bond donors (Lipinski definition) is 3. The number of anilines is 1. The SMILES string of the molecule is Nc1ccc(O)c2c1ccn2OCCO. The zero-order valence-electron chi connectivity index (χ0n) is 8.05. The predicted molar refractivity (Wildman–Crippen MR) is 56.5 cm³/mol. The number of benzene rings is 1. The van der Waals surface area contributed by atoms with Gasteiger partial charge in [-0.3, -0.25) is 0 Å². The minimum absolute atomic E-state index is 0.0806. The van der Waals surface area contributed by atoms with E-state index < -0.39 is 0 Å². The van der Waals surface area contributed by atoms with Crippen LogP contribution in [-0.4, -0.2) is 28.2 Å². The lowest BCUT2D eigenvalue weighted by Crippen LogP contribution is -2.14. The van der Waals surface area contributed by atoms with E-state index in [4.69, 9.17) is 15.7 Å². The third-order valence-electron chi connectivity index (χ3n) is 2.15. The molecule has 80 valence electrons. The lowest BCUT2D eigenvalue weighted by Gasteiger charge is -2.07. The van der Waals surface area contributed by atoms with Crippen molar-refractivity contribution in [2.24, 2.45) is 0 Å². The largest absolute Gasteiger partial charge is 0.506 e. The van der Waals surface area contributed by atoms with Gasteiger partial charge in [0.05, 0.1) is 6.61 Å². The summed E-state index contributed by atoms with van der Waals surface area (Å²) < 4.78 is 1.40. The van der Waals surface area contributed by atoms with E-state index in [0.29, 0.717) is 11.2 Å². The quantitative estimate of drug-likeness (QED) is 0.502. The molecule has 0 amide bonds. The molecular formula is C10H12N2O3. The Morgan fingerprint density at radius 2 is 2.13 bits per heavy atom. The maximum atomic E-state index is 9.65. The number of fused-ring (bicyclic) bond motifs is 1. The van der Waals surface area contributed by atoms with E-state index in [1.807, 2.05) is 0 Å². The van der Waals surface area contributed by atoms with E-state index in [1.54, 1.807) is 18.3 Å². The molecule has 0 radical (unpaired) electrons. The first-order chi connectivity index (χ1) is 7.24. The van der Waals surface area contributed by atoms with E-state index in [1.165, 1.54) is 10.8 Å². The molecule has 15 heavy (non-hydrogen) atoms. The van der Waals surface area contributed by atoms with Gasteiger partial charge in [0.1, 0.15) is 17.9 Å². The monoisotopic (exact) mass is 208 g/mol. The number of rotatable bonds is 3. The molecule has 0 saturated carbocycles. The molecule has 0 saturated heterocycles. The third-order valence-corrected chi connectivity index (χ3v) is 2.15. The van der Waals surface area contributed by atoms with Crippen LogP contribution in [0.4, 0.5) is 5.69 Å². The fourth-order valence-electron chi connectivity index (χ4n) is 1.48. The van der Waals surface area contributed by atoms with Crippen LogP contribution < -0.4 is 10.6 Å². The summed E-state index contributed by atoms with van der Waals surface area (Å²) in [4.78, 5) is 5.20. The maximum Gasteiger partial charge on any atom is 0.143 e. The first kappa shape index (κ1) is 9.67. The highest BCUT2D eigenvalue weighted by Crippen LogP contribution is 2.29. The van der Waals surface area contributed by atoms with Crippen LogP contribution >= 0.6 is 0 Å². The molecule has 1 aromatic heterocycles. The molecule has 0 aliphatic rings. The molecule has 0 aliphatic carbocycles. The van der Waals surface area contributed by atoms with E-state index in [-0.39, 0.29) is 19.0 Å². The van der Waals surface area contributed by atoms with Crippen LogP contribution in [0, 0.1) is 0 Å². The first-order valence-corrected chi connectivity index (χ1v) is 4.56. The Balaban J connectivity index is 2.53. The van der Waals surface area contributed by atoms with Gasteiger partial charge in [0, 0.05) is 17.3 Å². The van der Waals surface area contributed by atoms with Crippen molar-refractivity contribution in [2.75, 3.05) is 18.9 Å². The highest BCUT2D eigenvalue weighted by molar-refractivity contribution is 5.95. The second-order valence-electron chi connectivity index (χ2n) is 3.13. The zero-order chi connectivity index (χ0) is 10.8. The highest BCUT2D eigenvalue weighted by Gasteiger charge is 2.09. The summed E-state index contributed by atoms with van der Waals surface area (Å²) in [6.07, 6.45) is 1.65. The minimum atomic E-state index is -0.0806. The molecule has 4 N–H and O–H groups in total. The molecule has 5 nitrogen and oxygen atoms in total. The standard InChI is InChI=1S/C10H12N2O3/c11-8-1-2-9(14)10-7(8)3-4-12(10)15-6-5-13/h1-4,13-14H,5-6,11H2. The second kappa shape index (κ2) is 3.70. The van der Waals surface area contributed by atoms with Crippen LogP contribution in [0.1, 0.15) is 0 Å². The van der Waals surface area contributed by atoms with Crippen LogP contribution in [0.25, 0.3) is 10.9 Å². The van der Waals surface area contributed by atoms with E-state index >= 15 is 0 Å². The molecule has 2 aromatic rings. The molecule has 0 atom stereocenters. The molecule has 0 fully saturated rings. The highest BCUT2D eigenvalue weighted by atomic mass is 16.7. The number of nitrogens with two attached hydrogens (primary N) is 1. The number of phenolic OH excluding ortho intramolecular Hbond substituents is 1. The minimum Gasteiger partial charge on any atom is -0.506 e. The third kappa shape index (κ3) is 1.57. The van der Waals surface area contributed by atoms with Gasteiger partial charge in [-0.25, -0.2) is 0 Å². The fraction of sp³-hybridized carbons (Fsp3) is 0.200. The van der Waals surface area contributed by atoms with Gasteiger partial charge >= 0.3 is 0 Å². The number of aromatic hydroxyl groups is 1. The maximum absolute atomic E-state index is 9.65. The van der Waals surface area contributed by atoms with E-state index in [2.05, 4.69) is 0 Å². The number of aliphatic hydroxyl groups is 1. The number of aliphatic hydroxyl groups excluding tert-OH is 1. The Morgan fingerprint density at radius 3 is 2.87 bits per heavy atom. The van der Waals surface area contributed by atoms with Crippen LogP contribution in [0.2, 0.25) is 0 Å². The van der Waals surface area contributed by atoms with E-state index in [0.717, 1.165) is 5.39 Å². The second-order valence-corrected chi connectivity index (χ2v) is 3.13. The molecule has 0 bridgehead atoms. The van der Waals surface area contributed by atoms with Crippen molar-refractivity contribution in [1.82, 2.24) is 4.73 Å². The average molecular weight is 208 g/mol. The molecule has 1 aromatic carbocycles. The molecule has 0 unspecified atom stereocenters. The van der Waals surface area contributed by atoms with Crippen molar-refractivity contribution in [3.63, 3.8) is 0 Å². The Hall–Kier alpha value is -1.88. The van der Waals surface area contributed by atoms with Gasteiger partial charge in [0.2, 0.25) is 0 Å². The Kier molecular flexibility index (Phi) is 2.39. The molecule has 0 aliphatic heterocycles. The smallest absolute Gasteiger partial charge is 0.143 e. The van der Waals surface area contributed by atoms with Crippen LogP contribution in [0.15, 0.2) is 24.4 Å². The summed E-state index contributed by atoms with van der Waals surface area (Å²) in [6.45, 7) is 0.0841. The number of aromatic nitrogens is 1. The molecular weight excluding hydrogens is 196 g/mol. The number of nitrogen functional groups attached to an aromatic ring is 1. The van der Waals surface area contributed by atoms with Gasteiger partial charge in [-0.15, -0.1) is 0 Å². The van der Waals surface area contributed by atoms with Crippen molar-refractivity contribution < 1.29 is 15.1 Å². The van der Waals surface area contributed by atoms with Crippen molar-refractivity contribution in [2.45, 2.75) is 0 Å². The Labute approximate surface area is 86.3 Å². The normalized spacial score (nSPS) is 10.7. The van der Waals surface area contributed by atoms with Gasteiger partial charge in [0.15, 0.2) is 0 Å². The topological polar surface area (TPSA) is 80.6 Å². The van der Waals surface area contributed by atoms with Crippen LogP contribution in [0.3, 0.4) is 0 Å². The zero-order valence-corrected chi connectivity index (χ0v) is 8.05. The van der Waals surface area contributed by atoms with Gasteiger partial charge in [-0.1, -0.05) is 0 Å². The average Bonchev–Trinajstić information content (AvgIpc) is 2.65. The van der Waals surface area contributed by atoms with Gasteiger partial charge in [-0.2, -0.15) is 4.73 Å². The van der Waals surface area contributed by atoms with Crippen molar-refractivity contribution in [3.05, 3.63) is 24.4 Å². The summed E-state index contributed by atoms with van der Waals surface area (Å²) in [6, 6.07) is 4.90.